The van der Waals surface area contributed by atoms with Crippen molar-refractivity contribution in [1.82, 2.24) is 0 Å². The predicted octanol–water partition coefficient (Wildman–Crippen LogP) is -0.705. The first-order valence-corrected chi connectivity index (χ1v) is 5.28. The second-order valence-electron chi connectivity index (χ2n) is 3.78. The maximum Gasteiger partial charge on any atom is 0.176 e. The lowest BCUT2D eigenvalue weighted by Gasteiger charge is -2.14. The van der Waals surface area contributed by atoms with Gasteiger partial charge in [0, 0.05) is 12.0 Å². The predicted molar refractivity (Wildman–Crippen MR) is 67.7 cm³/mol. The second-order valence-corrected chi connectivity index (χ2v) is 3.78. The minimum atomic E-state index is -0.921. The highest BCUT2D eigenvalue weighted by atomic mass is 16.1. The summed E-state index contributed by atoms with van der Waals surface area (Å²) in [5, 5.41) is 7.23. The van der Waals surface area contributed by atoms with E-state index >= 15 is 0 Å². The molecule has 0 saturated carbocycles. The molecule has 7 N–H and O–H groups in total. The Bertz CT molecular complexity index is 456. The maximum absolute atomic E-state index is 11.7. The summed E-state index contributed by atoms with van der Waals surface area (Å²) in [6.45, 7) is 0. The molecule has 0 fully saturated rings. The van der Waals surface area contributed by atoms with Crippen LogP contribution in [0.3, 0.4) is 0 Å². The number of hydrogen-bond acceptors (Lipinski definition) is 5. The van der Waals surface area contributed by atoms with Crippen molar-refractivity contribution < 1.29 is 9.59 Å². The molecule has 95 valence electrons. The van der Waals surface area contributed by atoms with Gasteiger partial charge in [-0.1, -0.05) is 24.3 Å². The molecule has 0 aromatic heterocycles. The summed E-state index contributed by atoms with van der Waals surface area (Å²) in [5.41, 5.74) is 17.5. The lowest BCUT2D eigenvalue weighted by atomic mass is 9.97. The lowest BCUT2D eigenvalue weighted by molar-refractivity contribution is -0.120. The van der Waals surface area contributed by atoms with Crippen LogP contribution in [0.1, 0.15) is 17.5 Å². The van der Waals surface area contributed by atoms with Gasteiger partial charge in [0.05, 0.1) is 6.04 Å². The Morgan fingerprint density at radius 2 is 1.72 bits per heavy atom. The van der Waals surface area contributed by atoms with Crippen LogP contribution in [-0.2, 0) is 9.59 Å². The number of Topliss-reactive ketones (excluding diaryl/α,β-unsaturated/α-hetero) is 1. The smallest absolute Gasteiger partial charge is 0.176 e. The van der Waals surface area contributed by atoms with E-state index in [1.165, 1.54) is 0 Å². The molecule has 0 heterocycles. The van der Waals surface area contributed by atoms with Crippen molar-refractivity contribution in [2.24, 2.45) is 17.2 Å². The van der Waals surface area contributed by atoms with Crippen LogP contribution in [0.5, 0.6) is 0 Å². The summed E-state index contributed by atoms with van der Waals surface area (Å²) in [4.78, 5) is 22.0. The number of rotatable bonds is 6. The van der Waals surface area contributed by atoms with Crippen LogP contribution in [0.15, 0.2) is 24.3 Å². The number of benzene rings is 1. The third kappa shape index (κ3) is 3.22. The SMILES string of the molecule is N=C(N)c1ccc([C](N)C(=O)C(N)CC=O)cc1. The Balaban J connectivity index is 2.83. The molecule has 0 aliphatic rings. The van der Waals surface area contributed by atoms with Crippen LogP contribution in [0, 0.1) is 11.5 Å². The van der Waals surface area contributed by atoms with Gasteiger partial charge in [-0.25, -0.2) is 0 Å². The number of aldehydes is 1. The molecule has 1 aromatic rings. The molecule has 1 rings (SSSR count). The molecule has 1 atom stereocenters. The third-order valence-corrected chi connectivity index (χ3v) is 2.46. The Kier molecular flexibility index (Phi) is 4.70. The van der Waals surface area contributed by atoms with E-state index in [1.54, 1.807) is 24.3 Å². The van der Waals surface area contributed by atoms with Gasteiger partial charge in [-0.05, 0) is 5.56 Å². The maximum atomic E-state index is 11.7. The number of nitrogens with one attached hydrogen (secondary N) is 1. The molecule has 18 heavy (non-hydrogen) atoms. The van der Waals surface area contributed by atoms with Gasteiger partial charge in [-0.15, -0.1) is 0 Å². The van der Waals surface area contributed by atoms with Gasteiger partial charge in [-0.2, -0.15) is 0 Å². The number of nitrogen functional groups attached to an aromatic ring is 1. The lowest BCUT2D eigenvalue weighted by Crippen LogP contribution is -2.38. The first-order chi connectivity index (χ1) is 8.47. The van der Waals surface area contributed by atoms with Crippen molar-refractivity contribution in [2.45, 2.75) is 12.5 Å². The van der Waals surface area contributed by atoms with E-state index in [-0.39, 0.29) is 18.3 Å². The summed E-state index contributed by atoms with van der Waals surface area (Å²) in [6, 6.07) is 5.41. The highest BCUT2D eigenvalue weighted by Crippen LogP contribution is 2.13. The zero-order valence-electron chi connectivity index (χ0n) is 9.72. The van der Waals surface area contributed by atoms with Crippen LogP contribution in [0.25, 0.3) is 0 Å². The molecule has 1 unspecified atom stereocenters. The third-order valence-electron chi connectivity index (χ3n) is 2.46. The molecular weight excluding hydrogens is 232 g/mol. The van der Waals surface area contributed by atoms with Crippen molar-refractivity contribution in [1.29, 1.82) is 5.41 Å². The normalized spacial score (nSPS) is 12.2. The topological polar surface area (TPSA) is 136 Å². The van der Waals surface area contributed by atoms with E-state index in [1.807, 2.05) is 0 Å². The van der Waals surface area contributed by atoms with Gasteiger partial charge in [0.2, 0.25) is 0 Å². The Labute approximate surface area is 105 Å². The van der Waals surface area contributed by atoms with Crippen LogP contribution < -0.4 is 17.2 Å². The van der Waals surface area contributed by atoms with Gasteiger partial charge >= 0.3 is 0 Å². The fourth-order valence-electron chi connectivity index (χ4n) is 1.38. The summed E-state index contributed by atoms with van der Waals surface area (Å²) in [6.07, 6.45) is 0.514. The Morgan fingerprint density at radius 3 is 2.17 bits per heavy atom. The molecule has 0 saturated heterocycles. The van der Waals surface area contributed by atoms with Gasteiger partial charge in [-0.3, -0.25) is 10.2 Å². The molecule has 6 heteroatoms. The van der Waals surface area contributed by atoms with E-state index < -0.39 is 11.8 Å². The zero-order valence-corrected chi connectivity index (χ0v) is 9.72. The molecule has 1 aromatic carbocycles. The first-order valence-electron chi connectivity index (χ1n) is 5.28. The van der Waals surface area contributed by atoms with Gasteiger partial charge in [0.1, 0.15) is 18.2 Å². The van der Waals surface area contributed by atoms with E-state index in [9.17, 15) is 9.59 Å². The zero-order chi connectivity index (χ0) is 13.7. The number of ketones is 1. The fourth-order valence-corrected chi connectivity index (χ4v) is 1.38. The van der Waals surface area contributed by atoms with Gasteiger partial charge in [0.25, 0.3) is 0 Å². The average Bonchev–Trinajstić information content (AvgIpc) is 2.37. The minimum Gasteiger partial charge on any atom is -0.384 e. The number of hydrogen-bond donors (Lipinski definition) is 4. The van der Waals surface area contributed by atoms with E-state index in [0.717, 1.165) is 0 Å². The van der Waals surface area contributed by atoms with Crippen LogP contribution in [-0.4, -0.2) is 23.9 Å². The van der Waals surface area contributed by atoms with Crippen molar-refractivity contribution >= 4 is 17.9 Å². The summed E-state index contributed by atoms with van der Waals surface area (Å²) < 4.78 is 0. The quantitative estimate of drug-likeness (QED) is 0.299. The average molecular weight is 247 g/mol. The molecule has 0 aliphatic carbocycles. The fraction of sp³-hybridized carbons (Fsp3) is 0.167. The number of nitrogens with two attached hydrogens (primary N) is 3. The molecular formula is C12H15N4O2. The van der Waals surface area contributed by atoms with Gasteiger partial charge < -0.3 is 22.0 Å². The summed E-state index contributed by atoms with van der Waals surface area (Å²) in [5.74, 6) is -0.540. The molecule has 1 radical (unpaired) electrons. The van der Waals surface area contributed by atoms with Crippen LogP contribution >= 0.6 is 0 Å². The number of carbonyl (C=O) groups is 2. The largest absolute Gasteiger partial charge is 0.384 e. The highest BCUT2D eigenvalue weighted by Gasteiger charge is 2.23. The highest BCUT2D eigenvalue weighted by molar-refractivity contribution is 6.00. The second kappa shape index (κ2) is 6.04. The molecule has 0 spiro atoms. The van der Waals surface area contributed by atoms with E-state index in [0.29, 0.717) is 17.4 Å². The molecule has 0 aliphatic heterocycles. The minimum absolute atomic E-state index is 0.000507. The monoisotopic (exact) mass is 247 g/mol. The molecule has 0 amide bonds. The Morgan fingerprint density at radius 1 is 1.22 bits per heavy atom. The van der Waals surface area contributed by atoms with Gasteiger partial charge in [0.15, 0.2) is 5.78 Å². The van der Waals surface area contributed by atoms with Crippen molar-refractivity contribution in [2.75, 3.05) is 0 Å². The Hall–Kier alpha value is -2.05. The van der Waals surface area contributed by atoms with E-state index in [4.69, 9.17) is 22.6 Å². The standard InChI is InChI=1S/C12H15N4O2/c13-9(5-6-17)11(18)10(14)7-1-3-8(4-2-7)12(15)16/h1-4,6,9H,5,13-14H2,(H3,15,16). The van der Waals surface area contributed by atoms with E-state index in [2.05, 4.69) is 0 Å². The van der Waals surface area contributed by atoms with Crippen molar-refractivity contribution in [3.8, 4) is 0 Å². The molecule has 0 bridgehead atoms. The van der Waals surface area contributed by atoms with Crippen molar-refractivity contribution in [3.63, 3.8) is 0 Å². The molecule has 6 nitrogen and oxygen atoms in total. The summed E-state index contributed by atoms with van der Waals surface area (Å²) in [7, 11) is 0. The number of carbonyl (C=O) groups excluding carboxylic acids is 2. The van der Waals surface area contributed by atoms with Crippen LogP contribution in [0.4, 0.5) is 0 Å². The number of amidine groups is 1. The first kappa shape index (κ1) is 14.0. The summed E-state index contributed by atoms with van der Waals surface area (Å²) >= 11 is 0. The van der Waals surface area contributed by atoms with Crippen LogP contribution in [0.2, 0.25) is 0 Å². The van der Waals surface area contributed by atoms with Crippen molar-refractivity contribution in [3.05, 3.63) is 41.4 Å².